The van der Waals surface area contributed by atoms with E-state index in [4.69, 9.17) is 28.1 Å². The van der Waals surface area contributed by atoms with Crippen LogP contribution < -0.4 is 15.1 Å². The number of aromatic nitrogens is 2. The lowest BCUT2D eigenvalue weighted by atomic mass is 9.86. The van der Waals surface area contributed by atoms with Gasteiger partial charge in [0.25, 0.3) is 10.1 Å². The SMILES string of the molecule is CCOCC1=CN(CCCS(=O)(=O)OCC(COc2ccc3nc(-c4ccc(N(C)B(C)O)nc4)sc3c2)OC2CCCCO2)NN1C. The van der Waals surface area contributed by atoms with Crippen LogP contribution in [0.15, 0.2) is 48.4 Å². The Morgan fingerprint density at radius 2 is 2.10 bits per heavy atom. The quantitative estimate of drug-likeness (QED) is 0.147. The van der Waals surface area contributed by atoms with Gasteiger partial charge in [0.05, 0.1) is 34.9 Å². The van der Waals surface area contributed by atoms with Gasteiger partial charge in [-0.1, -0.05) is 0 Å². The largest absolute Gasteiger partial charge is 0.491 e. The van der Waals surface area contributed by atoms with Crippen molar-refractivity contribution in [1.82, 2.24) is 25.5 Å². The molecule has 0 aliphatic carbocycles. The number of rotatable bonds is 18. The third kappa shape index (κ3) is 10.2. The van der Waals surface area contributed by atoms with Gasteiger partial charge in [0, 0.05) is 44.8 Å². The van der Waals surface area contributed by atoms with Gasteiger partial charge in [-0.05, 0) is 76.8 Å². The first kappa shape index (κ1) is 36.3. The number of ether oxygens (including phenoxy) is 4. The van der Waals surface area contributed by atoms with Gasteiger partial charge in [-0.3, -0.25) is 14.2 Å². The van der Waals surface area contributed by atoms with Crippen LogP contribution in [0.1, 0.15) is 32.6 Å². The number of benzene rings is 1. The minimum absolute atomic E-state index is 0.0756. The van der Waals surface area contributed by atoms with Crippen LogP contribution in [0.5, 0.6) is 5.75 Å². The van der Waals surface area contributed by atoms with Crippen LogP contribution in [0.2, 0.25) is 6.82 Å². The predicted octanol–water partition coefficient (Wildman–Crippen LogP) is 3.48. The molecule has 0 amide bonds. The summed E-state index contributed by atoms with van der Waals surface area (Å²) in [6.45, 7) is 5.67. The maximum absolute atomic E-state index is 12.8. The van der Waals surface area contributed by atoms with Crippen molar-refractivity contribution < 1.29 is 36.6 Å². The fraction of sp³-hybridized carbons (Fsp3) is 0.548. The van der Waals surface area contributed by atoms with Crippen LogP contribution >= 0.6 is 11.3 Å². The van der Waals surface area contributed by atoms with E-state index in [1.54, 1.807) is 24.9 Å². The molecule has 17 heteroatoms. The van der Waals surface area contributed by atoms with Gasteiger partial charge in [-0.2, -0.15) is 8.42 Å². The maximum Gasteiger partial charge on any atom is 0.410 e. The molecule has 0 bridgehead atoms. The van der Waals surface area contributed by atoms with E-state index in [1.807, 2.05) is 60.5 Å². The Hall–Kier alpha value is -3.03. The van der Waals surface area contributed by atoms with E-state index in [2.05, 4.69) is 10.5 Å². The molecular formula is C31H45BN6O8S2. The summed E-state index contributed by atoms with van der Waals surface area (Å²) in [5.74, 6) is 1.12. The summed E-state index contributed by atoms with van der Waals surface area (Å²) in [6.07, 6.45) is 5.56. The predicted molar refractivity (Wildman–Crippen MR) is 186 cm³/mol. The molecule has 48 heavy (non-hydrogen) atoms. The minimum Gasteiger partial charge on any atom is -0.491 e. The van der Waals surface area contributed by atoms with Crippen LogP contribution in [0, 0.1) is 0 Å². The zero-order valence-electron chi connectivity index (χ0n) is 27.9. The first-order valence-corrected chi connectivity index (χ1v) is 18.6. The second-order valence-corrected chi connectivity index (χ2v) is 14.5. The van der Waals surface area contributed by atoms with Crippen molar-refractivity contribution in [2.75, 3.05) is 64.2 Å². The minimum atomic E-state index is -3.81. The molecule has 262 valence electrons. The summed E-state index contributed by atoms with van der Waals surface area (Å²) >= 11 is 1.51. The molecular weight excluding hydrogens is 659 g/mol. The van der Waals surface area contributed by atoms with E-state index in [1.165, 1.54) is 11.3 Å². The number of likely N-dealkylation sites (N-methyl/N-ethyl adjacent to an activating group) is 1. The highest BCUT2D eigenvalue weighted by Crippen LogP contribution is 2.33. The topological polar surface area (TPSA) is 148 Å². The Morgan fingerprint density at radius 1 is 1.25 bits per heavy atom. The number of hydrazine groups is 2. The molecule has 1 fully saturated rings. The lowest BCUT2D eigenvalue weighted by Crippen LogP contribution is -2.39. The van der Waals surface area contributed by atoms with Crippen molar-refractivity contribution in [2.45, 2.75) is 51.8 Å². The van der Waals surface area contributed by atoms with Crippen molar-refractivity contribution >= 4 is 44.5 Å². The number of hydrogen-bond donors (Lipinski definition) is 2. The number of fused-ring (bicyclic) bond motifs is 1. The maximum atomic E-state index is 12.8. The molecule has 0 saturated carbocycles. The number of nitrogens with one attached hydrogen (secondary N) is 1. The number of nitrogens with zero attached hydrogens (tertiary/aromatic N) is 5. The Balaban J connectivity index is 1.16. The molecule has 0 spiro atoms. The second kappa shape index (κ2) is 17.1. The van der Waals surface area contributed by atoms with Crippen molar-refractivity contribution in [2.24, 2.45) is 0 Å². The van der Waals surface area contributed by atoms with E-state index in [0.29, 0.717) is 44.4 Å². The molecule has 3 aromatic rings. The first-order valence-electron chi connectivity index (χ1n) is 16.2. The Bertz CT molecular complexity index is 1600. The van der Waals surface area contributed by atoms with Crippen molar-refractivity contribution in [1.29, 1.82) is 0 Å². The summed E-state index contributed by atoms with van der Waals surface area (Å²) in [5, 5.41) is 14.3. The molecule has 2 N–H and O–H groups in total. The Morgan fingerprint density at radius 3 is 2.83 bits per heavy atom. The van der Waals surface area contributed by atoms with Crippen LogP contribution in [0.3, 0.4) is 0 Å². The zero-order chi connectivity index (χ0) is 34.1. The Kier molecular flexibility index (Phi) is 12.9. The molecule has 2 aliphatic rings. The summed E-state index contributed by atoms with van der Waals surface area (Å²) in [5.41, 5.74) is 5.80. The molecule has 2 aliphatic heterocycles. The van der Waals surface area contributed by atoms with E-state index < -0.39 is 29.6 Å². The van der Waals surface area contributed by atoms with E-state index in [-0.39, 0.29) is 19.0 Å². The van der Waals surface area contributed by atoms with Gasteiger partial charge in [0.1, 0.15) is 29.3 Å². The summed E-state index contributed by atoms with van der Waals surface area (Å²) in [4.78, 5) is 10.9. The standard InChI is InChI=1S/C31H45BN6O8S2/c1-5-42-20-24-19-38(35-37(24)4)14-8-16-48(40,41)45-22-26(46-30-9-6-7-15-43-30)21-44-25-11-12-27-28(17-25)47-31(34-27)23-10-13-29(33-18-23)36(3)32(2)39/h10-13,17-19,26,30,35,39H,5-9,14-16,20-22H2,1-4H3. The van der Waals surface area contributed by atoms with Crippen LogP contribution in [-0.2, 0) is 28.5 Å². The molecule has 2 unspecified atom stereocenters. The monoisotopic (exact) mass is 704 g/mol. The van der Waals surface area contributed by atoms with Gasteiger partial charge < -0.3 is 28.8 Å². The van der Waals surface area contributed by atoms with E-state index in [0.717, 1.165) is 45.7 Å². The van der Waals surface area contributed by atoms with Crippen LogP contribution in [0.4, 0.5) is 5.82 Å². The van der Waals surface area contributed by atoms with Gasteiger partial charge in [-0.15, -0.1) is 16.9 Å². The molecule has 1 saturated heterocycles. The summed E-state index contributed by atoms with van der Waals surface area (Å²) in [6, 6.07) is 9.40. The van der Waals surface area contributed by atoms with Crippen molar-refractivity contribution in [3.8, 4) is 16.3 Å². The zero-order valence-corrected chi connectivity index (χ0v) is 29.5. The highest BCUT2D eigenvalue weighted by Gasteiger charge is 2.24. The fourth-order valence-electron chi connectivity index (χ4n) is 5.04. The van der Waals surface area contributed by atoms with Gasteiger partial charge in [0.2, 0.25) is 0 Å². The third-order valence-corrected chi connectivity index (χ3v) is 10.2. The molecule has 0 radical (unpaired) electrons. The molecule has 14 nitrogen and oxygen atoms in total. The molecule has 5 rings (SSSR count). The first-order chi connectivity index (χ1) is 23.1. The highest BCUT2D eigenvalue weighted by molar-refractivity contribution is 7.86. The molecule has 1 aromatic carbocycles. The van der Waals surface area contributed by atoms with Gasteiger partial charge >= 0.3 is 7.05 Å². The normalized spacial score (nSPS) is 17.5. The van der Waals surface area contributed by atoms with Gasteiger partial charge in [-0.25, -0.2) is 9.97 Å². The number of anilines is 1. The average Bonchev–Trinajstić information content (AvgIpc) is 3.67. The molecule has 2 aromatic heterocycles. The second-order valence-electron chi connectivity index (χ2n) is 11.7. The average molecular weight is 705 g/mol. The number of thiazole rings is 1. The smallest absolute Gasteiger partial charge is 0.410 e. The van der Waals surface area contributed by atoms with Crippen LogP contribution in [-0.4, -0.2) is 112 Å². The lowest BCUT2D eigenvalue weighted by Gasteiger charge is -2.27. The van der Waals surface area contributed by atoms with Crippen molar-refractivity contribution in [3.63, 3.8) is 0 Å². The third-order valence-electron chi connectivity index (χ3n) is 7.89. The van der Waals surface area contributed by atoms with E-state index in [9.17, 15) is 13.4 Å². The van der Waals surface area contributed by atoms with E-state index >= 15 is 0 Å². The number of hydrogen-bond acceptors (Lipinski definition) is 15. The fourth-order valence-corrected chi connectivity index (χ4v) is 6.98. The van der Waals surface area contributed by atoms with Gasteiger partial charge in [0.15, 0.2) is 6.29 Å². The van der Waals surface area contributed by atoms with Crippen LogP contribution in [0.25, 0.3) is 20.8 Å². The Labute approximate surface area is 286 Å². The summed E-state index contributed by atoms with van der Waals surface area (Å²) < 4.78 is 55.5. The summed E-state index contributed by atoms with van der Waals surface area (Å²) in [7, 11) is -0.803. The highest BCUT2D eigenvalue weighted by atomic mass is 32.2. The molecule has 2 atom stereocenters. The number of pyridine rings is 1. The van der Waals surface area contributed by atoms with Crippen molar-refractivity contribution in [3.05, 3.63) is 48.4 Å². The lowest BCUT2D eigenvalue weighted by molar-refractivity contribution is -0.198. The molecule has 4 heterocycles.